The van der Waals surface area contributed by atoms with Gasteiger partial charge in [-0.3, -0.25) is 4.79 Å². The highest BCUT2D eigenvalue weighted by Crippen LogP contribution is 2.32. The highest BCUT2D eigenvalue weighted by atomic mass is 35.5. The van der Waals surface area contributed by atoms with Gasteiger partial charge in [-0.25, -0.2) is 0 Å². The molecular weight excluding hydrogens is 349 g/mol. The highest BCUT2D eigenvalue weighted by Gasteiger charge is 2.14. The van der Waals surface area contributed by atoms with Crippen LogP contribution in [-0.2, 0) is 0 Å². The Hall–Kier alpha value is -1.91. The van der Waals surface area contributed by atoms with E-state index in [9.17, 15) is 4.79 Å². The van der Waals surface area contributed by atoms with Crippen molar-refractivity contribution in [2.45, 2.75) is 20.3 Å². The van der Waals surface area contributed by atoms with Gasteiger partial charge in [0.15, 0.2) is 11.5 Å². The number of para-hydroxylation sites is 1. The van der Waals surface area contributed by atoms with Crippen molar-refractivity contribution in [2.24, 2.45) is 0 Å². The number of ether oxygens (including phenoxy) is 2. The second kappa shape index (κ2) is 8.81. The SMILES string of the molecule is CCCOc1ccc(C(=O)Nc2c(Cl)cccc2Cl)cc1OCC. The van der Waals surface area contributed by atoms with Gasteiger partial charge in [-0.1, -0.05) is 36.2 Å². The highest BCUT2D eigenvalue weighted by molar-refractivity contribution is 6.40. The van der Waals surface area contributed by atoms with Crippen LogP contribution in [0.25, 0.3) is 0 Å². The number of amides is 1. The molecule has 24 heavy (non-hydrogen) atoms. The van der Waals surface area contributed by atoms with Crippen molar-refractivity contribution in [3.63, 3.8) is 0 Å². The molecule has 6 heteroatoms. The summed E-state index contributed by atoms with van der Waals surface area (Å²) in [5.41, 5.74) is 0.813. The monoisotopic (exact) mass is 367 g/mol. The van der Waals surface area contributed by atoms with Gasteiger partial charge < -0.3 is 14.8 Å². The third kappa shape index (κ3) is 4.56. The van der Waals surface area contributed by atoms with Crippen LogP contribution >= 0.6 is 23.2 Å². The normalized spacial score (nSPS) is 10.3. The zero-order chi connectivity index (χ0) is 17.5. The first-order chi connectivity index (χ1) is 11.6. The average molecular weight is 368 g/mol. The summed E-state index contributed by atoms with van der Waals surface area (Å²) < 4.78 is 11.2. The Morgan fingerprint density at radius 2 is 1.75 bits per heavy atom. The molecule has 0 aliphatic rings. The molecule has 0 bridgehead atoms. The lowest BCUT2D eigenvalue weighted by Gasteiger charge is -2.14. The Morgan fingerprint density at radius 3 is 2.38 bits per heavy atom. The molecule has 0 saturated carbocycles. The van der Waals surface area contributed by atoms with Crippen LogP contribution < -0.4 is 14.8 Å². The van der Waals surface area contributed by atoms with E-state index in [0.29, 0.717) is 46.0 Å². The fraction of sp³-hybridized carbons (Fsp3) is 0.278. The summed E-state index contributed by atoms with van der Waals surface area (Å²) in [6.07, 6.45) is 0.888. The summed E-state index contributed by atoms with van der Waals surface area (Å²) >= 11 is 12.2. The van der Waals surface area contributed by atoms with Gasteiger partial charge in [0.05, 0.1) is 28.9 Å². The summed E-state index contributed by atoms with van der Waals surface area (Å²) in [5.74, 6) is 0.822. The molecule has 0 saturated heterocycles. The minimum atomic E-state index is -0.326. The third-order valence-electron chi connectivity index (χ3n) is 3.17. The summed E-state index contributed by atoms with van der Waals surface area (Å²) in [5, 5.41) is 3.48. The van der Waals surface area contributed by atoms with E-state index in [1.807, 2.05) is 13.8 Å². The van der Waals surface area contributed by atoms with Crippen LogP contribution in [0, 0.1) is 0 Å². The minimum Gasteiger partial charge on any atom is -0.490 e. The van der Waals surface area contributed by atoms with Crippen LogP contribution in [0.5, 0.6) is 11.5 Å². The quantitative estimate of drug-likeness (QED) is 0.709. The van der Waals surface area contributed by atoms with Crippen LogP contribution in [0.15, 0.2) is 36.4 Å². The Morgan fingerprint density at radius 1 is 1.04 bits per heavy atom. The van der Waals surface area contributed by atoms with Gasteiger partial charge >= 0.3 is 0 Å². The molecular formula is C18H19Cl2NO3. The number of carbonyl (C=O) groups is 1. The molecule has 0 atom stereocenters. The van der Waals surface area contributed by atoms with Crippen LogP contribution in [0.2, 0.25) is 10.0 Å². The van der Waals surface area contributed by atoms with Crippen molar-refractivity contribution in [2.75, 3.05) is 18.5 Å². The largest absolute Gasteiger partial charge is 0.490 e. The van der Waals surface area contributed by atoms with Crippen molar-refractivity contribution in [3.05, 3.63) is 52.0 Å². The van der Waals surface area contributed by atoms with Gasteiger partial charge in [-0.15, -0.1) is 0 Å². The molecule has 0 unspecified atom stereocenters. The third-order valence-corrected chi connectivity index (χ3v) is 3.80. The van der Waals surface area contributed by atoms with Crippen LogP contribution in [0.3, 0.4) is 0 Å². The molecule has 0 aliphatic heterocycles. The maximum Gasteiger partial charge on any atom is 0.255 e. The second-order valence-electron chi connectivity index (χ2n) is 4.99. The van der Waals surface area contributed by atoms with Crippen molar-refractivity contribution >= 4 is 34.8 Å². The predicted molar refractivity (Wildman–Crippen MR) is 97.8 cm³/mol. The first-order valence-corrected chi connectivity index (χ1v) is 8.47. The smallest absolute Gasteiger partial charge is 0.255 e. The van der Waals surface area contributed by atoms with Crippen LogP contribution in [0.1, 0.15) is 30.6 Å². The first-order valence-electron chi connectivity index (χ1n) is 7.71. The van der Waals surface area contributed by atoms with Gasteiger partial charge in [0, 0.05) is 5.56 Å². The van der Waals surface area contributed by atoms with Crippen LogP contribution in [0.4, 0.5) is 5.69 Å². The van der Waals surface area contributed by atoms with Gasteiger partial charge in [-0.2, -0.15) is 0 Å². The summed E-state index contributed by atoms with van der Waals surface area (Å²) in [6, 6.07) is 10.1. The van der Waals surface area contributed by atoms with Crippen molar-refractivity contribution < 1.29 is 14.3 Å². The van der Waals surface area contributed by atoms with E-state index in [1.165, 1.54) is 0 Å². The van der Waals surface area contributed by atoms with Crippen LogP contribution in [-0.4, -0.2) is 19.1 Å². The number of rotatable bonds is 7. The Labute approximate surface area is 151 Å². The molecule has 2 aromatic carbocycles. The lowest BCUT2D eigenvalue weighted by atomic mass is 10.1. The molecule has 2 rings (SSSR count). The summed E-state index contributed by atoms with van der Waals surface area (Å²) in [7, 11) is 0. The average Bonchev–Trinajstić information content (AvgIpc) is 2.57. The fourth-order valence-corrected chi connectivity index (χ4v) is 2.54. The van der Waals surface area contributed by atoms with E-state index in [4.69, 9.17) is 32.7 Å². The van der Waals surface area contributed by atoms with E-state index in [2.05, 4.69) is 5.32 Å². The van der Waals surface area contributed by atoms with Crippen molar-refractivity contribution in [1.29, 1.82) is 0 Å². The Balaban J connectivity index is 2.24. The zero-order valence-electron chi connectivity index (χ0n) is 13.6. The molecule has 0 aromatic heterocycles. The van der Waals surface area contributed by atoms with E-state index in [0.717, 1.165) is 6.42 Å². The maximum absolute atomic E-state index is 12.5. The number of nitrogens with one attached hydrogen (secondary N) is 1. The van der Waals surface area contributed by atoms with Gasteiger partial charge in [0.2, 0.25) is 0 Å². The molecule has 0 aliphatic carbocycles. The topological polar surface area (TPSA) is 47.6 Å². The molecule has 0 spiro atoms. The predicted octanol–water partition coefficient (Wildman–Crippen LogP) is 5.43. The number of hydrogen-bond acceptors (Lipinski definition) is 3. The summed E-state index contributed by atoms with van der Waals surface area (Å²) in [6.45, 7) is 4.96. The number of carbonyl (C=O) groups excluding carboxylic acids is 1. The number of benzene rings is 2. The van der Waals surface area contributed by atoms with Crippen molar-refractivity contribution in [3.8, 4) is 11.5 Å². The van der Waals surface area contributed by atoms with E-state index in [-0.39, 0.29) is 5.91 Å². The zero-order valence-corrected chi connectivity index (χ0v) is 15.1. The number of halogens is 2. The van der Waals surface area contributed by atoms with Crippen molar-refractivity contribution in [1.82, 2.24) is 0 Å². The minimum absolute atomic E-state index is 0.326. The van der Waals surface area contributed by atoms with Gasteiger partial charge in [0.1, 0.15) is 0 Å². The Bertz CT molecular complexity index is 699. The van der Waals surface area contributed by atoms with E-state index >= 15 is 0 Å². The van der Waals surface area contributed by atoms with E-state index in [1.54, 1.807) is 36.4 Å². The summed E-state index contributed by atoms with van der Waals surface area (Å²) in [4.78, 5) is 12.5. The Kier molecular flexibility index (Phi) is 6.76. The van der Waals surface area contributed by atoms with Gasteiger partial charge in [0.25, 0.3) is 5.91 Å². The first kappa shape index (κ1) is 18.4. The molecule has 128 valence electrons. The molecule has 0 radical (unpaired) electrons. The standard InChI is InChI=1S/C18H19Cl2NO3/c1-3-10-24-15-9-8-12(11-16(15)23-4-2)18(22)21-17-13(19)6-5-7-14(17)20/h5-9,11H,3-4,10H2,1-2H3,(H,21,22). The number of anilines is 1. The molecule has 2 aromatic rings. The van der Waals surface area contributed by atoms with E-state index < -0.39 is 0 Å². The molecule has 4 nitrogen and oxygen atoms in total. The second-order valence-corrected chi connectivity index (χ2v) is 5.81. The molecule has 1 N–H and O–H groups in total. The lowest BCUT2D eigenvalue weighted by molar-refractivity contribution is 0.102. The van der Waals surface area contributed by atoms with Gasteiger partial charge in [-0.05, 0) is 43.7 Å². The lowest BCUT2D eigenvalue weighted by Crippen LogP contribution is -2.13. The molecule has 1 amide bonds. The maximum atomic E-state index is 12.5. The fourth-order valence-electron chi connectivity index (χ4n) is 2.05. The number of hydrogen-bond donors (Lipinski definition) is 1. The molecule has 0 heterocycles. The molecule has 0 fully saturated rings.